The fourth-order valence-electron chi connectivity index (χ4n) is 4.49. The minimum atomic E-state index is -2.00. The molecule has 0 fully saturated rings. The first-order chi connectivity index (χ1) is 13.2. The number of benzene rings is 4. The predicted molar refractivity (Wildman–Crippen MR) is 119 cm³/mol. The van der Waals surface area contributed by atoms with Crippen LogP contribution in [-0.2, 0) is 0 Å². The van der Waals surface area contributed by atoms with Crippen LogP contribution in [-0.4, -0.2) is 8.07 Å². The molecule has 0 aromatic heterocycles. The molecule has 1 aliphatic heterocycles. The molecule has 4 aromatic rings. The van der Waals surface area contributed by atoms with E-state index in [0.29, 0.717) is 0 Å². The van der Waals surface area contributed by atoms with Crippen LogP contribution in [0, 0.1) is 0 Å². The van der Waals surface area contributed by atoms with E-state index < -0.39 is 8.07 Å². The third kappa shape index (κ3) is 2.43. The molecule has 0 bridgehead atoms. The van der Waals surface area contributed by atoms with E-state index in [0.717, 1.165) is 5.02 Å². The number of halogens is 1. The topological polar surface area (TPSA) is 0 Å². The first-order valence-corrected chi connectivity index (χ1v) is 12.1. The van der Waals surface area contributed by atoms with Crippen LogP contribution in [0.4, 0.5) is 0 Å². The highest BCUT2D eigenvalue weighted by Crippen LogP contribution is 2.36. The van der Waals surface area contributed by atoms with Crippen LogP contribution in [0.5, 0.6) is 0 Å². The molecule has 130 valence electrons. The van der Waals surface area contributed by atoms with Crippen molar-refractivity contribution in [3.8, 4) is 22.3 Å². The summed E-state index contributed by atoms with van der Waals surface area (Å²) >= 11 is 6.13. The largest absolute Gasteiger partial charge is 0.147 e. The summed E-state index contributed by atoms with van der Waals surface area (Å²) in [6.45, 7) is 2.48. The monoisotopic (exact) mass is 382 g/mol. The Morgan fingerprint density at radius 3 is 2.00 bits per heavy atom. The molecule has 1 aliphatic rings. The van der Waals surface area contributed by atoms with Crippen LogP contribution in [0.15, 0.2) is 97.1 Å². The number of hydrogen-bond donors (Lipinski definition) is 0. The SMILES string of the molecule is C[Si]1(c2ccccc2)c2ccccc2-c2c(-c3ccc(Cl)cc3)cccc21. The standard InChI is InChI=1S/C25H19ClSi/c1-27(20-8-3-2-4-9-20)23-12-6-5-10-22(23)25-21(11-7-13-24(25)27)18-14-16-19(26)17-15-18/h2-17H,1H3. The van der Waals surface area contributed by atoms with Crippen molar-refractivity contribution >= 4 is 35.2 Å². The minimum Gasteiger partial charge on any atom is -0.0843 e. The van der Waals surface area contributed by atoms with E-state index >= 15 is 0 Å². The zero-order valence-electron chi connectivity index (χ0n) is 15.1. The molecule has 0 aliphatic carbocycles. The Morgan fingerprint density at radius 1 is 0.593 bits per heavy atom. The van der Waals surface area contributed by atoms with Crippen molar-refractivity contribution in [3.05, 3.63) is 102 Å². The maximum absolute atomic E-state index is 6.13. The first kappa shape index (κ1) is 16.6. The molecule has 2 heteroatoms. The molecule has 0 radical (unpaired) electrons. The summed E-state index contributed by atoms with van der Waals surface area (Å²) in [7, 11) is -2.00. The second kappa shape index (κ2) is 6.23. The number of hydrogen-bond acceptors (Lipinski definition) is 0. The third-order valence-corrected chi connectivity index (χ3v) is 10.6. The maximum Gasteiger partial charge on any atom is 0.147 e. The number of fused-ring (bicyclic) bond motifs is 3. The fraction of sp³-hybridized carbons (Fsp3) is 0.0400. The lowest BCUT2D eigenvalue weighted by atomic mass is 9.95. The zero-order chi connectivity index (χ0) is 18.4. The van der Waals surface area contributed by atoms with Crippen molar-refractivity contribution in [2.24, 2.45) is 0 Å². The van der Waals surface area contributed by atoms with Gasteiger partial charge in [-0.2, -0.15) is 0 Å². The van der Waals surface area contributed by atoms with Gasteiger partial charge in [-0.1, -0.05) is 103 Å². The molecule has 0 saturated heterocycles. The fourth-order valence-corrected chi connectivity index (χ4v) is 8.77. The van der Waals surface area contributed by atoms with Gasteiger partial charge in [0.2, 0.25) is 0 Å². The lowest BCUT2D eigenvalue weighted by Gasteiger charge is -2.25. The van der Waals surface area contributed by atoms with Crippen molar-refractivity contribution < 1.29 is 0 Å². The van der Waals surface area contributed by atoms with Gasteiger partial charge in [0.15, 0.2) is 0 Å². The van der Waals surface area contributed by atoms with E-state index in [1.807, 2.05) is 12.1 Å². The lowest BCUT2D eigenvalue weighted by molar-refractivity contribution is 1.62. The maximum atomic E-state index is 6.13. The Labute approximate surface area is 166 Å². The van der Waals surface area contributed by atoms with Crippen LogP contribution in [0.3, 0.4) is 0 Å². The summed E-state index contributed by atoms with van der Waals surface area (Å²) in [6, 6.07) is 35.0. The van der Waals surface area contributed by atoms with E-state index in [-0.39, 0.29) is 0 Å². The quantitative estimate of drug-likeness (QED) is 0.424. The molecular formula is C25H19ClSi. The second-order valence-electron chi connectivity index (χ2n) is 7.27. The normalized spacial score (nSPS) is 17.4. The van der Waals surface area contributed by atoms with Crippen molar-refractivity contribution in [1.82, 2.24) is 0 Å². The van der Waals surface area contributed by atoms with Crippen LogP contribution in [0.25, 0.3) is 22.3 Å². The van der Waals surface area contributed by atoms with Crippen LogP contribution in [0.1, 0.15) is 0 Å². The van der Waals surface area contributed by atoms with E-state index in [9.17, 15) is 0 Å². The van der Waals surface area contributed by atoms with Gasteiger partial charge >= 0.3 is 0 Å². The van der Waals surface area contributed by atoms with Gasteiger partial charge in [0, 0.05) is 5.02 Å². The van der Waals surface area contributed by atoms with E-state index in [1.165, 1.54) is 37.8 Å². The van der Waals surface area contributed by atoms with Crippen LogP contribution in [0.2, 0.25) is 11.6 Å². The van der Waals surface area contributed by atoms with Crippen molar-refractivity contribution in [1.29, 1.82) is 0 Å². The minimum absolute atomic E-state index is 0.773. The highest BCUT2D eigenvalue weighted by Gasteiger charge is 2.43. The summed E-state index contributed by atoms with van der Waals surface area (Å²) in [6.07, 6.45) is 0. The molecule has 1 atom stereocenters. The van der Waals surface area contributed by atoms with Gasteiger partial charge < -0.3 is 0 Å². The molecule has 4 aromatic carbocycles. The Kier molecular flexibility index (Phi) is 3.82. The summed E-state index contributed by atoms with van der Waals surface area (Å²) in [5, 5.41) is 5.25. The van der Waals surface area contributed by atoms with Crippen molar-refractivity contribution in [2.45, 2.75) is 6.55 Å². The molecule has 1 unspecified atom stereocenters. The molecule has 0 nitrogen and oxygen atoms in total. The molecule has 1 heterocycles. The summed E-state index contributed by atoms with van der Waals surface area (Å²) in [5.41, 5.74) is 5.30. The van der Waals surface area contributed by atoms with Gasteiger partial charge in [0.1, 0.15) is 8.07 Å². The first-order valence-electron chi connectivity index (χ1n) is 9.24. The average Bonchev–Trinajstić information content (AvgIpc) is 3.00. The third-order valence-electron chi connectivity index (χ3n) is 5.84. The van der Waals surface area contributed by atoms with Gasteiger partial charge in [-0.15, -0.1) is 0 Å². The smallest absolute Gasteiger partial charge is 0.0843 e. The zero-order valence-corrected chi connectivity index (χ0v) is 16.9. The lowest BCUT2D eigenvalue weighted by Crippen LogP contribution is -2.62. The van der Waals surface area contributed by atoms with Crippen molar-refractivity contribution in [2.75, 3.05) is 0 Å². The van der Waals surface area contributed by atoms with Gasteiger partial charge in [0.05, 0.1) is 0 Å². The van der Waals surface area contributed by atoms with Crippen molar-refractivity contribution in [3.63, 3.8) is 0 Å². The van der Waals surface area contributed by atoms with Gasteiger partial charge in [-0.05, 0) is 49.9 Å². The molecule has 0 saturated carbocycles. The van der Waals surface area contributed by atoms with Crippen LogP contribution >= 0.6 is 11.6 Å². The van der Waals surface area contributed by atoms with E-state index in [4.69, 9.17) is 11.6 Å². The number of rotatable bonds is 2. The van der Waals surface area contributed by atoms with Gasteiger partial charge in [-0.3, -0.25) is 0 Å². The Balaban J connectivity index is 1.85. The highest BCUT2D eigenvalue weighted by atomic mass is 35.5. The summed E-state index contributed by atoms with van der Waals surface area (Å²) in [4.78, 5) is 0. The highest BCUT2D eigenvalue weighted by molar-refractivity contribution is 7.13. The Hall–Kier alpha value is -2.61. The molecular weight excluding hydrogens is 364 g/mol. The van der Waals surface area contributed by atoms with E-state index in [1.54, 1.807) is 0 Å². The average molecular weight is 383 g/mol. The molecule has 0 amide bonds. The molecule has 27 heavy (non-hydrogen) atoms. The molecule has 0 spiro atoms. The molecule has 5 rings (SSSR count). The Bertz CT molecular complexity index is 1130. The summed E-state index contributed by atoms with van der Waals surface area (Å²) < 4.78 is 0. The summed E-state index contributed by atoms with van der Waals surface area (Å²) in [5.74, 6) is 0. The van der Waals surface area contributed by atoms with Gasteiger partial charge in [0.25, 0.3) is 0 Å². The van der Waals surface area contributed by atoms with E-state index in [2.05, 4.69) is 91.5 Å². The molecule has 0 N–H and O–H groups in total. The Morgan fingerprint density at radius 2 is 1.22 bits per heavy atom. The van der Waals surface area contributed by atoms with Crippen LogP contribution < -0.4 is 15.6 Å². The second-order valence-corrected chi connectivity index (χ2v) is 11.6. The van der Waals surface area contributed by atoms with Gasteiger partial charge in [-0.25, -0.2) is 0 Å². The predicted octanol–water partition coefficient (Wildman–Crippen LogP) is 5.09.